The van der Waals surface area contributed by atoms with Crippen LogP contribution in [0.5, 0.6) is 5.75 Å². The summed E-state index contributed by atoms with van der Waals surface area (Å²) in [5, 5.41) is 3.76. The summed E-state index contributed by atoms with van der Waals surface area (Å²) in [7, 11) is 0. The third-order valence-corrected chi connectivity index (χ3v) is 3.44. The van der Waals surface area contributed by atoms with E-state index in [-0.39, 0.29) is 12.5 Å². The molecule has 1 rings (SSSR count). The normalized spacial score (nSPS) is 10.7. The van der Waals surface area contributed by atoms with Crippen LogP contribution in [0.1, 0.15) is 13.8 Å². The van der Waals surface area contributed by atoms with Crippen LogP contribution in [0.15, 0.2) is 18.2 Å². The Hall–Kier alpha value is -0.970. The van der Waals surface area contributed by atoms with Crippen LogP contribution in [-0.2, 0) is 4.79 Å². The van der Waals surface area contributed by atoms with Crippen LogP contribution in [0.3, 0.4) is 0 Å². The van der Waals surface area contributed by atoms with Gasteiger partial charge in [0, 0.05) is 24.2 Å². The minimum atomic E-state index is -0.173. The fourth-order valence-corrected chi connectivity index (χ4v) is 2.01. The smallest absolute Gasteiger partial charge is 0.257 e. The fourth-order valence-electron chi connectivity index (χ4n) is 1.68. The molecule has 1 aromatic rings. The summed E-state index contributed by atoms with van der Waals surface area (Å²) in [6, 6.07) is 4.89. The average Bonchev–Trinajstić information content (AvgIpc) is 2.44. The highest BCUT2D eigenvalue weighted by Crippen LogP contribution is 2.27. The van der Waals surface area contributed by atoms with Gasteiger partial charge in [-0.1, -0.05) is 37.0 Å². The summed E-state index contributed by atoms with van der Waals surface area (Å²) in [6.45, 7) is 7.50. The molecule has 4 nitrogen and oxygen atoms in total. The van der Waals surface area contributed by atoms with Crippen LogP contribution >= 0.6 is 23.2 Å². The molecule has 0 bridgehead atoms. The second kappa shape index (κ2) is 9.06. The Labute approximate surface area is 130 Å². The summed E-state index contributed by atoms with van der Waals surface area (Å²) in [4.78, 5) is 13.9. The van der Waals surface area contributed by atoms with E-state index in [0.717, 1.165) is 19.6 Å². The number of nitrogens with zero attached hydrogens (tertiary/aromatic N) is 1. The number of hydrogen-bond donors (Lipinski definition) is 1. The standard InChI is InChI=1S/C14H20Cl2N2O2/c1-3-18(4-2)8-7-17-14(19)10-20-13-9-11(15)5-6-12(13)16/h5-6,9H,3-4,7-8,10H2,1-2H3,(H,17,19). The number of rotatable bonds is 8. The van der Waals surface area contributed by atoms with Crippen LogP contribution in [0.25, 0.3) is 0 Å². The number of halogens is 2. The predicted octanol–water partition coefficient (Wildman–Crippen LogP) is 2.83. The highest BCUT2D eigenvalue weighted by molar-refractivity contribution is 6.34. The van der Waals surface area contributed by atoms with Gasteiger partial charge in [0.25, 0.3) is 5.91 Å². The van der Waals surface area contributed by atoms with Crippen molar-refractivity contribution in [1.82, 2.24) is 10.2 Å². The van der Waals surface area contributed by atoms with Gasteiger partial charge in [-0.25, -0.2) is 0 Å². The zero-order valence-electron chi connectivity index (χ0n) is 11.8. The first-order valence-corrected chi connectivity index (χ1v) is 7.39. The lowest BCUT2D eigenvalue weighted by Gasteiger charge is -2.18. The number of hydrogen-bond acceptors (Lipinski definition) is 3. The van der Waals surface area contributed by atoms with Gasteiger partial charge in [-0.15, -0.1) is 0 Å². The number of carbonyl (C=O) groups excluding carboxylic acids is 1. The molecule has 0 aromatic heterocycles. The van der Waals surface area contributed by atoms with Crippen molar-refractivity contribution in [3.8, 4) is 5.75 Å². The number of nitrogens with one attached hydrogen (secondary N) is 1. The summed E-state index contributed by atoms with van der Waals surface area (Å²) in [5.41, 5.74) is 0. The number of likely N-dealkylation sites (N-methyl/N-ethyl adjacent to an activating group) is 1. The molecule has 0 unspecified atom stereocenters. The largest absolute Gasteiger partial charge is 0.482 e. The summed E-state index contributed by atoms with van der Waals surface area (Å²) < 4.78 is 5.35. The van der Waals surface area contributed by atoms with Crippen LogP contribution < -0.4 is 10.1 Å². The molecule has 0 aliphatic heterocycles. The lowest BCUT2D eigenvalue weighted by atomic mass is 10.3. The van der Waals surface area contributed by atoms with E-state index in [2.05, 4.69) is 24.1 Å². The molecule has 0 aliphatic carbocycles. The second-order valence-corrected chi connectivity index (χ2v) is 5.08. The van der Waals surface area contributed by atoms with Crippen molar-refractivity contribution in [3.63, 3.8) is 0 Å². The van der Waals surface area contributed by atoms with Gasteiger partial charge in [-0.3, -0.25) is 4.79 Å². The van der Waals surface area contributed by atoms with Crippen molar-refractivity contribution in [1.29, 1.82) is 0 Å². The lowest BCUT2D eigenvalue weighted by molar-refractivity contribution is -0.123. The van der Waals surface area contributed by atoms with E-state index in [1.807, 2.05) is 0 Å². The molecule has 1 amide bonds. The van der Waals surface area contributed by atoms with Gasteiger partial charge < -0.3 is 15.0 Å². The van der Waals surface area contributed by atoms with Gasteiger partial charge in [0.15, 0.2) is 6.61 Å². The van der Waals surface area contributed by atoms with Gasteiger partial charge in [-0.2, -0.15) is 0 Å². The van der Waals surface area contributed by atoms with Gasteiger partial charge in [0.1, 0.15) is 5.75 Å². The van der Waals surface area contributed by atoms with Crippen molar-refractivity contribution in [2.24, 2.45) is 0 Å². The molecular weight excluding hydrogens is 299 g/mol. The topological polar surface area (TPSA) is 41.6 Å². The van der Waals surface area contributed by atoms with Crippen LogP contribution in [0.4, 0.5) is 0 Å². The molecule has 0 saturated heterocycles. The minimum absolute atomic E-state index is 0.0711. The molecule has 6 heteroatoms. The minimum Gasteiger partial charge on any atom is -0.482 e. The van der Waals surface area contributed by atoms with Crippen LogP contribution in [-0.4, -0.2) is 43.6 Å². The Balaban J connectivity index is 2.31. The zero-order chi connectivity index (χ0) is 15.0. The van der Waals surface area contributed by atoms with E-state index in [4.69, 9.17) is 27.9 Å². The first-order chi connectivity index (χ1) is 9.56. The highest BCUT2D eigenvalue weighted by atomic mass is 35.5. The van der Waals surface area contributed by atoms with E-state index < -0.39 is 0 Å². The van der Waals surface area contributed by atoms with Gasteiger partial charge in [-0.05, 0) is 25.2 Å². The lowest BCUT2D eigenvalue weighted by Crippen LogP contribution is -2.36. The van der Waals surface area contributed by atoms with Gasteiger partial charge in [0.2, 0.25) is 0 Å². The second-order valence-electron chi connectivity index (χ2n) is 4.24. The molecule has 0 spiro atoms. The third-order valence-electron chi connectivity index (χ3n) is 2.90. The van der Waals surface area contributed by atoms with E-state index in [1.54, 1.807) is 18.2 Å². The summed E-state index contributed by atoms with van der Waals surface area (Å²) in [6.07, 6.45) is 0. The van der Waals surface area contributed by atoms with E-state index in [0.29, 0.717) is 22.3 Å². The first-order valence-electron chi connectivity index (χ1n) is 6.63. The highest BCUT2D eigenvalue weighted by Gasteiger charge is 2.07. The van der Waals surface area contributed by atoms with Gasteiger partial charge >= 0.3 is 0 Å². The van der Waals surface area contributed by atoms with E-state index in [1.165, 1.54) is 0 Å². The van der Waals surface area contributed by atoms with Gasteiger partial charge in [0.05, 0.1) is 5.02 Å². The van der Waals surface area contributed by atoms with Crippen molar-refractivity contribution in [2.45, 2.75) is 13.8 Å². The molecule has 112 valence electrons. The molecular formula is C14H20Cl2N2O2. The molecule has 0 heterocycles. The van der Waals surface area contributed by atoms with E-state index >= 15 is 0 Å². The molecule has 20 heavy (non-hydrogen) atoms. The molecule has 1 N–H and O–H groups in total. The summed E-state index contributed by atoms with van der Waals surface area (Å²) in [5.74, 6) is 0.242. The molecule has 0 atom stereocenters. The molecule has 0 radical (unpaired) electrons. The maximum Gasteiger partial charge on any atom is 0.257 e. The Kier molecular flexibility index (Phi) is 7.73. The zero-order valence-corrected chi connectivity index (χ0v) is 13.3. The third kappa shape index (κ3) is 5.99. The SMILES string of the molecule is CCN(CC)CCNC(=O)COc1cc(Cl)ccc1Cl. The Morgan fingerprint density at radius 2 is 2.00 bits per heavy atom. The Morgan fingerprint density at radius 3 is 2.65 bits per heavy atom. The Morgan fingerprint density at radius 1 is 1.30 bits per heavy atom. The number of carbonyl (C=O) groups is 1. The van der Waals surface area contributed by atoms with Crippen molar-refractivity contribution < 1.29 is 9.53 Å². The quantitative estimate of drug-likeness (QED) is 0.801. The van der Waals surface area contributed by atoms with Crippen molar-refractivity contribution in [3.05, 3.63) is 28.2 Å². The monoisotopic (exact) mass is 318 g/mol. The van der Waals surface area contributed by atoms with Crippen LogP contribution in [0.2, 0.25) is 10.0 Å². The number of benzene rings is 1. The van der Waals surface area contributed by atoms with Crippen LogP contribution in [0, 0.1) is 0 Å². The number of amides is 1. The van der Waals surface area contributed by atoms with Crippen molar-refractivity contribution >= 4 is 29.1 Å². The average molecular weight is 319 g/mol. The molecule has 0 saturated carbocycles. The summed E-state index contributed by atoms with van der Waals surface area (Å²) >= 11 is 11.8. The molecule has 0 fully saturated rings. The molecule has 0 aliphatic rings. The van der Waals surface area contributed by atoms with E-state index in [9.17, 15) is 4.79 Å². The Bertz CT molecular complexity index is 437. The maximum atomic E-state index is 11.6. The first kappa shape index (κ1) is 17.1. The fraction of sp³-hybridized carbons (Fsp3) is 0.500. The maximum absolute atomic E-state index is 11.6. The predicted molar refractivity (Wildman–Crippen MR) is 82.8 cm³/mol. The number of ether oxygens (including phenoxy) is 1. The van der Waals surface area contributed by atoms with Crippen molar-refractivity contribution in [2.75, 3.05) is 32.8 Å². The molecule has 1 aromatic carbocycles.